The molecule has 0 saturated carbocycles. The number of anilines is 1. The lowest BCUT2D eigenvalue weighted by Crippen LogP contribution is -1.97. The molecule has 1 aromatic rings. The zero-order valence-electron chi connectivity index (χ0n) is 5.75. The van der Waals surface area contributed by atoms with Crippen molar-refractivity contribution in [1.82, 2.24) is 0 Å². The molecule has 0 aliphatic rings. The van der Waals surface area contributed by atoms with Crippen molar-refractivity contribution >= 4 is 34.0 Å². The highest BCUT2D eigenvalue weighted by atomic mass is 127. The summed E-state index contributed by atoms with van der Waals surface area (Å²) in [6.07, 6.45) is 0. The van der Waals surface area contributed by atoms with E-state index in [-0.39, 0.29) is 5.69 Å². The highest BCUT2D eigenvalue weighted by Crippen LogP contribution is 2.24. The lowest BCUT2D eigenvalue weighted by Gasteiger charge is -1.98. The molecule has 0 radical (unpaired) electrons. The van der Waals surface area contributed by atoms with E-state index in [9.17, 15) is 14.5 Å². The fourth-order valence-corrected chi connectivity index (χ4v) is 1.12. The summed E-state index contributed by atoms with van der Waals surface area (Å²) in [5, 5.41) is 10.2. The minimum absolute atomic E-state index is 0.212. The second kappa shape index (κ2) is 3.21. The fourth-order valence-electron chi connectivity index (χ4n) is 0.694. The second-order valence-electron chi connectivity index (χ2n) is 2.08. The number of hydrogen-bond donors (Lipinski definition) is 1. The first-order valence-electron chi connectivity index (χ1n) is 2.91. The van der Waals surface area contributed by atoms with Crippen LogP contribution in [0.2, 0.25) is 0 Å². The van der Waals surface area contributed by atoms with Crippen LogP contribution in [-0.2, 0) is 0 Å². The molecule has 0 unspecified atom stereocenters. The molecule has 64 valence electrons. The molecule has 0 aromatic heterocycles. The number of benzene rings is 1. The molecule has 0 bridgehead atoms. The predicted octanol–water partition coefficient (Wildman–Crippen LogP) is 1.92. The summed E-state index contributed by atoms with van der Waals surface area (Å²) in [6, 6.07) is 2.05. The topological polar surface area (TPSA) is 69.2 Å². The summed E-state index contributed by atoms with van der Waals surface area (Å²) < 4.78 is 13.2. The zero-order valence-corrected chi connectivity index (χ0v) is 7.91. The Balaban J connectivity index is 3.33. The molecule has 0 amide bonds. The van der Waals surface area contributed by atoms with E-state index in [4.69, 9.17) is 5.73 Å². The average molecular weight is 282 g/mol. The largest absolute Gasteiger partial charge is 0.398 e. The highest BCUT2D eigenvalue weighted by molar-refractivity contribution is 14.1. The Bertz CT molecular complexity index is 343. The first-order chi connectivity index (χ1) is 5.52. The van der Waals surface area contributed by atoms with E-state index in [0.29, 0.717) is 3.57 Å². The van der Waals surface area contributed by atoms with Crippen LogP contribution < -0.4 is 5.73 Å². The molecule has 0 aliphatic heterocycles. The van der Waals surface area contributed by atoms with Gasteiger partial charge in [-0.05, 0) is 28.7 Å². The maximum atomic E-state index is 12.8. The van der Waals surface area contributed by atoms with E-state index in [2.05, 4.69) is 0 Å². The molecule has 0 saturated heterocycles. The molecule has 0 aliphatic carbocycles. The van der Waals surface area contributed by atoms with Crippen LogP contribution in [0, 0.1) is 19.5 Å². The van der Waals surface area contributed by atoms with Crippen molar-refractivity contribution in [3.05, 3.63) is 31.6 Å². The Morgan fingerprint density at radius 3 is 2.67 bits per heavy atom. The number of nitro groups is 1. The molecule has 0 fully saturated rings. The Morgan fingerprint density at radius 1 is 1.58 bits per heavy atom. The van der Waals surface area contributed by atoms with E-state index < -0.39 is 16.4 Å². The van der Waals surface area contributed by atoms with Gasteiger partial charge in [0.2, 0.25) is 5.82 Å². The van der Waals surface area contributed by atoms with Crippen molar-refractivity contribution in [3.8, 4) is 0 Å². The third-order valence-electron chi connectivity index (χ3n) is 1.26. The molecule has 0 atom stereocenters. The molecular weight excluding hydrogens is 278 g/mol. The van der Waals surface area contributed by atoms with Crippen LogP contribution in [0.3, 0.4) is 0 Å². The quantitative estimate of drug-likeness (QED) is 0.370. The maximum Gasteiger partial charge on any atom is 0.306 e. The van der Waals surface area contributed by atoms with Crippen molar-refractivity contribution in [3.63, 3.8) is 0 Å². The summed E-state index contributed by atoms with van der Waals surface area (Å²) in [4.78, 5) is 9.39. The van der Waals surface area contributed by atoms with Gasteiger partial charge in [0, 0.05) is 9.64 Å². The van der Waals surface area contributed by atoms with Crippen LogP contribution >= 0.6 is 22.6 Å². The van der Waals surface area contributed by atoms with E-state index in [1.54, 1.807) is 22.6 Å². The van der Waals surface area contributed by atoms with Crippen LogP contribution in [0.1, 0.15) is 0 Å². The number of hydrogen-bond acceptors (Lipinski definition) is 3. The van der Waals surface area contributed by atoms with Gasteiger partial charge in [-0.3, -0.25) is 10.1 Å². The minimum Gasteiger partial charge on any atom is -0.398 e. The third kappa shape index (κ3) is 1.63. The molecule has 4 nitrogen and oxygen atoms in total. The molecule has 1 aromatic carbocycles. The van der Waals surface area contributed by atoms with E-state index >= 15 is 0 Å². The highest BCUT2D eigenvalue weighted by Gasteiger charge is 2.15. The lowest BCUT2D eigenvalue weighted by atomic mass is 10.3. The predicted molar refractivity (Wildman–Crippen MR) is 50.2 cm³/mol. The van der Waals surface area contributed by atoms with Gasteiger partial charge in [0.25, 0.3) is 0 Å². The summed E-state index contributed by atoms with van der Waals surface area (Å²) in [5.41, 5.74) is 4.97. The van der Waals surface area contributed by atoms with Crippen molar-refractivity contribution in [2.24, 2.45) is 0 Å². The molecule has 0 spiro atoms. The number of nitrogens with zero attached hydrogens (tertiary/aromatic N) is 1. The van der Waals surface area contributed by atoms with Crippen LogP contribution in [-0.4, -0.2) is 4.92 Å². The van der Waals surface area contributed by atoms with Crippen LogP contribution in [0.15, 0.2) is 12.1 Å². The number of nitrogens with two attached hydrogens (primary N) is 1. The maximum absolute atomic E-state index is 12.8. The number of halogens is 2. The Labute approximate surface area is 80.9 Å². The fraction of sp³-hybridized carbons (Fsp3) is 0. The normalized spacial score (nSPS) is 9.83. The molecule has 0 heterocycles. The van der Waals surface area contributed by atoms with Crippen molar-refractivity contribution < 1.29 is 9.31 Å². The van der Waals surface area contributed by atoms with Crippen molar-refractivity contribution in [1.29, 1.82) is 0 Å². The van der Waals surface area contributed by atoms with Gasteiger partial charge < -0.3 is 5.73 Å². The van der Waals surface area contributed by atoms with Crippen LogP contribution in [0.4, 0.5) is 15.8 Å². The van der Waals surface area contributed by atoms with E-state index in [1.807, 2.05) is 0 Å². The van der Waals surface area contributed by atoms with Crippen LogP contribution in [0.5, 0.6) is 0 Å². The van der Waals surface area contributed by atoms with E-state index in [0.717, 1.165) is 12.1 Å². The monoisotopic (exact) mass is 282 g/mol. The summed E-state index contributed by atoms with van der Waals surface area (Å²) in [7, 11) is 0. The van der Waals surface area contributed by atoms with Gasteiger partial charge >= 0.3 is 5.69 Å². The van der Waals surface area contributed by atoms with Gasteiger partial charge in [0.05, 0.1) is 10.6 Å². The van der Waals surface area contributed by atoms with Gasteiger partial charge in [0.15, 0.2) is 0 Å². The summed E-state index contributed by atoms with van der Waals surface area (Å²) in [6.45, 7) is 0. The molecule has 1 rings (SSSR count). The number of nitrogen functional groups attached to an aromatic ring is 1. The lowest BCUT2D eigenvalue weighted by molar-refractivity contribution is -0.387. The zero-order chi connectivity index (χ0) is 9.30. The Kier molecular flexibility index (Phi) is 2.46. The second-order valence-corrected chi connectivity index (χ2v) is 3.24. The summed E-state index contributed by atoms with van der Waals surface area (Å²) in [5.74, 6) is -0.862. The van der Waals surface area contributed by atoms with Crippen molar-refractivity contribution in [2.45, 2.75) is 0 Å². The standard InChI is InChI=1S/C6H4FIN2O2/c7-3-1-4(8)5(9)2-6(3)10(11)12/h1-2H,9H2. The van der Waals surface area contributed by atoms with Crippen LogP contribution in [0.25, 0.3) is 0 Å². The number of nitro benzene ring substituents is 1. The molecule has 2 N–H and O–H groups in total. The smallest absolute Gasteiger partial charge is 0.306 e. The third-order valence-corrected chi connectivity index (χ3v) is 2.20. The first-order valence-corrected chi connectivity index (χ1v) is 3.99. The summed E-state index contributed by atoms with van der Waals surface area (Å²) >= 11 is 1.80. The van der Waals surface area contributed by atoms with Gasteiger partial charge in [-0.25, -0.2) is 0 Å². The minimum atomic E-state index is -0.862. The molecule has 6 heteroatoms. The number of rotatable bonds is 1. The van der Waals surface area contributed by atoms with Gasteiger partial charge in [-0.1, -0.05) is 0 Å². The van der Waals surface area contributed by atoms with Crippen molar-refractivity contribution in [2.75, 3.05) is 5.73 Å². The Morgan fingerprint density at radius 2 is 2.17 bits per heavy atom. The van der Waals surface area contributed by atoms with Gasteiger partial charge in [-0.2, -0.15) is 4.39 Å². The molecule has 12 heavy (non-hydrogen) atoms. The van der Waals surface area contributed by atoms with Gasteiger partial charge in [-0.15, -0.1) is 0 Å². The molecular formula is C6H4FIN2O2. The van der Waals surface area contributed by atoms with E-state index in [1.165, 1.54) is 0 Å². The first kappa shape index (κ1) is 9.17. The SMILES string of the molecule is Nc1cc([N+](=O)[O-])c(F)cc1I. The Hall–Kier alpha value is -0.920. The average Bonchev–Trinajstić information content (AvgIpc) is 1.96. The van der Waals surface area contributed by atoms with Gasteiger partial charge in [0.1, 0.15) is 0 Å².